The fraction of sp³-hybridized carbons (Fsp3) is 0. The Balaban J connectivity index is 3.67. The average molecular weight is 146 g/mol. The van der Waals surface area contributed by atoms with Crippen LogP contribution in [-0.2, 0) is 0 Å². The minimum absolute atomic E-state index is 0.290. The molecule has 0 spiro atoms. The molecule has 0 aromatic rings. The van der Waals surface area contributed by atoms with Crippen molar-refractivity contribution in [1.82, 2.24) is 0 Å². The largest absolute Gasteiger partial charge is 0.390 e. The van der Waals surface area contributed by atoms with E-state index in [1.54, 1.807) is 0 Å². The Labute approximate surface area is 58.5 Å². The van der Waals surface area contributed by atoms with Gasteiger partial charge in [-0.2, -0.15) is 0 Å². The van der Waals surface area contributed by atoms with Crippen LogP contribution in [0.3, 0.4) is 0 Å². The van der Waals surface area contributed by atoms with Crippen LogP contribution in [0.2, 0.25) is 0 Å². The van der Waals surface area contributed by atoms with Gasteiger partial charge in [-0.1, -0.05) is 24.4 Å². The predicted octanol–water partition coefficient (Wildman–Crippen LogP) is 0.115. The molecule has 0 amide bonds. The van der Waals surface area contributed by atoms with Gasteiger partial charge >= 0.3 is 0 Å². The van der Waals surface area contributed by atoms with Gasteiger partial charge < -0.3 is 11.5 Å². The molecule has 0 atom stereocenters. The van der Waals surface area contributed by atoms with Crippen molar-refractivity contribution in [3.63, 3.8) is 0 Å². The summed E-state index contributed by atoms with van der Waals surface area (Å²) < 4.78 is 0. The maximum atomic E-state index is 5.07. The van der Waals surface area contributed by atoms with Crippen LogP contribution in [0.5, 0.6) is 0 Å². The Bertz CT molecular complexity index is 123. The second kappa shape index (κ2) is 3.51. The highest BCUT2D eigenvalue weighted by atomic mass is 32.1. The number of hydrogen-bond donors (Lipinski definition) is 2. The summed E-state index contributed by atoms with van der Waals surface area (Å²) in [6.45, 7) is 0. The SMILES string of the molecule is NC(=S)/C=C/C(N)=S. The zero-order chi connectivity index (χ0) is 6.57. The second-order valence-electron chi connectivity index (χ2n) is 1.14. The first-order chi connectivity index (χ1) is 3.63. The molecule has 0 saturated heterocycles. The highest BCUT2D eigenvalue weighted by molar-refractivity contribution is 7.81. The minimum Gasteiger partial charge on any atom is -0.390 e. The monoisotopic (exact) mass is 146 g/mol. The van der Waals surface area contributed by atoms with Crippen molar-refractivity contribution in [2.75, 3.05) is 0 Å². The molecular weight excluding hydrogens is 140 g/mol. The molecule has 2 nitrogen and oxygen atoms in total. The van der Waals surface area contributed by atoms with Crippen LogP contribution in [-0.4, -0.2) is 9.98 Å². The van der Waals surface area contributed by atoms with Gasteiger partial charge in [-0.15, -0.1) is 0 Å². The van der Waals surface area contributed by atoms with Crippen molar-refractivity contribution in [1.29, 1.82) is 0 Å². The van der Waals surface area contributed by atoms with E-state index in [9.17, 15) is 0 Å². The van der Waals surface area contributed by atoms with Crippen molar-refractivity contribution >= 4 is 34.4 Å². The third kappa shape index (κ3) is 5.52. The van der Waals surface area contributed by atoms with Gasteiger partial charge in [0.15, 0.2) is 0 Å². The van der Waals surface area contributed by atoms with E-state index < -0.39 is 0 Å². The molecule has 0 aliphatic carbocycles. The summed E-state index contributed by atoms with van der Waals surface area (Å²) in [6, 6.07) is 0. The molecule has 0 unspecified atom stereocenters. The van der Waals surface area contributed by atoms with E-state index in [0.717, 1.165) is 0 Å². The van der Waals surface area contributed by atoms with Crippen LogP contribution in [0.25, 0.3) is 0 Å². The van der Waals surface area contributed by atoms with Crippen LogP contribution >= 0.6 is 24.4 Å². The lowest BCUT2D eigenvalue weighted by Gasteiger charge is -1.81. The summed E-state index contributed by atoms with van der Waals surface area (Å²) in [5.41, 5.74) is 10.1. The van der Waals surface area contributed by atoms with E-state index in [2.05, 4.69) is 24.4 Å². The maximum Gasteiger partial charge on any atom is 0.0962 e. The van der Waals surface area contributed by atoms with Crippen molar-refractivity contribution in [3.05, 3.63) is 12.2 Å². The Hall–Kier alpha value is -0.480. The topological polar surface area (TPSA) is 52.0 Å². The lowest BCUT2D eigenvalue weighted by Crippen LogP contribution is -2.07. The minimum atomic E-state index is 0.290. The highest BCUT2D eigenvalue weighted by Crippen LogP contribution is 1.72. The summed E-state index contributed by atoms with van der Waals surface area (Å²) in [5.74, 6) is 0. The Morgan fingerprint density at radius 1 is 1.00 bits per heavy atom. The van der Waals surface area contributed by atoms with Crippen molar-refractivity contribution in [2.45, 2.75) is 0 Å². The molecule has 4 N–H and O–H groups in total. The van der Waals surface area contributed by atoms with Crippen LogP contribution in [0, 0.1) is 0 Å². The first kappa shape index (κ1) is 7.52. The molecular formula is C4H6N2S2. The Morgan fingerprint density at radius 2 is 1.25 bits per heavy atom. The molecule has 4 heteroatoms. The predicted molar refractivity (Wildman–Crippen MR) is 42.7 cm³/mol. The van der Waals surface area contributed by atoms with Gasteiger partial charge in [0.1, 0.15) is 0 Å². The van der Waals surface area contributed by atoms with Gasteiger partial charge in [-0.25, -0.2) is 0 Å². The molecule has 0 saturated carbocycles. The van der Waals surface area contributed by atoms with Gasteiger partial charge in [0, 0.05) is 0 Å². The van der Waals surface area contributed by atoms with E-state index in [1.165, 1.54) is 12.2 Å². The molecule has 0 aliphatic heterocycles. The fourth-order valence-corrected chi connectivity index (χ4v) is 0.300. The zero-order valence-electron chi connectivity index (χ0n) is 4.13. The second-order valence-corrected chi connectivity index (χ2v) is 2.08. The summed E-state index contributed by atoms with van der Waals surface area (Å²) in [5, 5.41) is 0. The standard InChI is InChI=1S/C4H6N2S2/c5-3(7)1-2-4(6)8/h1-2H,(H2,5,7)(H2,6,8)/b2-1+. The molecule has 8 heavy (non-hydrogen) atoms. The first-order valence-corrected chi connectivity index (χ1v) is 2.71. The van der Waals surface area contributed by atoms with E-state index in [1.807, 2.05) is 0 Å². The van der Waals surface area contributed by atoms with Gasteiger partial charge in [0.2, 0.25) is 0 Å². The number of rotatable bonds is 2. The van der Waals surface area contributed by atoms with Crippen LogP contribution in [0.15, 0.2) is 12.2 Å². The molecule has 0 fully saturated rings. The highest BCUT2D eigenvalue weighted by Gasteiger charge is 1.77. The first-order valence-electron chi connectivity index (χ1n) is 1.90. The zero-order valence-corrected chi connectivity index (χ0v) is 5.76. The lowest BCUT2D eigenvalue weighted by atomic mass is 10.5. The smallest absolute Gasteiger partial charge is 0.0962 e. The third-order valence-corrected chi connectivity index (χ3v) is 0.684. The lowest BCUT2D eigenvalue weighted by molar-refractivity contribution is 1.79. The van der Waals surface area contributed by atoms with Crippen LogP contribution in [0.4, 0.5) is 0 Å². The van der Waals surface area contributed by atoms with Gasteiger partial charge in [-0.05, 0) is 12.2 Å². The third-order valence-electron chi connectivity index (χ3n) is 0.412. The van der Waals surface area contributed by atoms with E-state index in [0.29, 0.717) is 0 Å². The summed E-state index contributed by atoms with van der Waals surface area (Å²) >= 11 is 8.98. The number of thiocarbonyl (C=S) groups is 2. The van der Waals surface area contributed by atoms with Crippen LogP contribution < -0.4 is 11.5 Å². The molecule has 0 aromatic carbocycles. The van der Waals surface area contributed by atoms with E-state index in [-0.39, 0.29) is 9.98 Å². The summed E-state index contributed by atoms with van der Waals surface area (Å²) in [6.07, 6.45) is 2.97. The molecule has 44 valence electrons. The Kier molecular flexibility index (Phi) is 3.30. The van der Waals surface area contributed by atoms with Crippen LogP contribution in [0.1, 0.15) is 0 Å². The van der Waals surface area contributed by atoms with Gasteiger partial charge in [-0.3, -0.25) is 0 Å². The molecule has 0 aliphatic rings. The molecule has 0 heterocycles. The Morgan fingerprint density at radius 3 is 1.38 bits per heavy atom. The maximum absolute atomic E-state index is 5.07. The molecule has 0 radical (unpaired) electrons. The van der Waals surface area contributed by atoms with Crippen molar-refractivity contribution in [3.8, 4) is 0 Å². The summed E-state index contributed by atoms with van der Waals surface area (Å²) in [4.78, 5) is 0.579. The fourth-order valence-electron chi connectivity index (χ4n) is 0.164. The normalized spacial score (nSPS) is 9.50. The molecule has 0 aromatic heterocycles. The van der Waals surface area contributed by atoms with Crippen molar-refractivity contribution in [2.24, 2.45) is 11.5 Å². The quantitative estimate of drug-likeness (QED) is 0.429. The summed E-state index contributed by atoms with van der Waals surface area (Å²) in [7, 11) is 0. The average Bonchev–Trinajstić information content (AvgIpc) is 1.61. The van der Waals surface area contributed by atoms with Gasteiger partial charge in [0.05, 0.1) is 9.98 Å². The van der Waals surface area contributed by atoms with E-state index >= 15 is 0 Å². The molecule has 0 bridgehead atoms. The van der Waals surface area contributed by atoms with Crippen molar-refractivity contribution < 1.29 is 0 Å². The molecule has 0 rings (SSSR count). The number of nitrogens with two attached hydrogens (primary N) is 2. The van der Waals surface area contributed by atoms with E-state index in [4.69, 9.17) is 11.5 Å². The van der Waals surface area contributed by atoms with Gasteiger partial charge in [0.25, 0.3) is 0 Å². The number of hydrogen-bond acceptors (Lipinski definition) is 2.